The average Bonchev–Trinajstić information content (AvgIpc) is 2.81. The summed E-state index contributed by atoms with van der Waals surface area (Å²) in [5.41, 5.74) is 2.14. The van der Waals surface area contributed by atoms with Gasteiger partial charge in [0, 0.05) is 31.9 Å². The molecule has 0 spiro atoms. The first kappa shape index (κ1) is 19.5. The number of aromatic nitrogens is 1. The molecule has 2 rings (SSSR count). The van der Waals surface area contributed by atoms with E-state index < -0.39 is 5.97 Å². The van der Waals surface area contributed by atoms with E-state index in [-0.39, 0.29) is 18.1 Å². The van der Waals surface area contributed by atoms with Gasteiger partial charge in [0.2, 0.25) is 0 Å². The van der Waals surface area contributed by atoms with Gasteiger partial charge >= 0.3 is 5.97 Å². The summed E-state index contributed by atoms with van der Waals surface area (Å²) in [4.78, 5) is 29.8. The number of nitrogens with zero attached hydrogens (tertiary/aromatic N) is 1. The highest BCUT2D eigenvalue weighted by Crippen LogP contribution is 2.19. The van der Waals surface area contributed by atoms with E-state index in [0.717, 1.165) is 19.6 Å². The van der Waals surface area contributed by atoms with E-state index in [0.29, 0.717) is 35.7 Å². The first-order chi connectivity index (χ1) is 11.8. The highest BCUT2D eigenvalue weighted by Gasteiger charge is 2.24. The lowest BCUT2D eigenvalue weighted by molar-refractivity contribution is -0.0672. The molecule has 1 amide bonds. The van der Waals surface area contributed by atoms with Crippen LogP contribution >= 0.6 is 0 Å². The van der Waals surface area contributed by atoms with Crippen molar-refractivity contribution >= 4 is 11.9 Å². The molecular weight excluding hydrogens is 322 g/mol. The molecule has 1 aliphatic rings. The van der Waals surface area contributed by atoms with Crippen molar-refractivity contribution in [1.82, 2.24) is 15.2 Å². The van der Waals surface area contributed by atoms with Crippen LogP contribution in [-0.4, -0.2) is 66.8 Å². The fourth-order valence-corrected chi connectivity index (χ4v) is 3.37. The quantitative estimate of drug-likeness (QED) is 0.762. The molecule has 0 aliphatic carbocycles. The first-order valence-electron chi connectivity index (χ1n) is 8.85. The lowest BCUT2D eigenvalue weighted by Gasteiger charge is -2.35. The first-order valence-corrected chi connectivity index (χ1v) is 8.85. The summed E-state index contributed by atoms with van der Waals surface area (Å²) in [7, 11) is 0. The van der Waals surface area contributed by atoms with Crippen molar-refractivity contribution in [3.63, 3.8) is 0 Å². The van der Waals surface area contributed by atoms with E-state index in [1.807, 2.05) is 0 Å². The number of esters is 1. The monoisotopic (exact) mass is 351 g/mol. The van der Waals surface area contributed by atoms with Gasteiger partial charge in [0.1, 0.15) is 5.69 Å². The Hall–Kier alpha value is -1.86. The van der Waals surface area contributed by atoms with Crippen LogP contribution in [0, 0.1) is 13.8 Å². The van der Waals surface area contributed by atoms with E-state index in [4.69, 9.17) is 9.47 Å². The van der Waals surface area contributed by atoms with Crippen LogP contribution in [0.2, 0.25) is 0 Å². The van der Waals surface area contributed by atoms with E-state index in [1.165, 1.54) is 0 Å². The Morgan fingerprint density at radius 3 is 2.52 bits per heavy atom. The minimum absolute atomic E-state index is 0.203. The predicted octanol–water partition coefficient (Wildman–Crippen LogP) is 1.65. The van der Waals surface area contributed by atoms with Crippen molar-refractivity contribution in [3.05, 3.63) is 22.5 Å². The standard InChI is InChI=1S/C18H29N3O4/c1-6-24-18(23)15-13(4)16(20-14(15)5)17(22)19-7-8-21-9-11(2)25-12(3)10-21/h11-12,20H,6-10H2,1-5H3,(H,19,22). The van der Waals surface area contributed by atoms with Crippen molar-refractivity contribution in [3.8, 4) is 0 Å². The largest absolute Gasteiger partial charge is 0.462 e. The van der Waals surface area contributed by atoms with Gasteiger partial charge in [-0.15, -0.1) is 0 Å². The van der Waals surface area contributed by atoms with Crippen molar-refractivity contribution in [2.24, 2.45) is 0 Å². The maximum Gasteiger partial charge on any atom is 0.340 e. The van der Waals surface area contributed by atoms with E-state index >= 15 is 0 Å². The van der Waals surface area contributed by atoms with E-state index in [2.05, 4.69) is 29.0 Å². The van der Waals surface area contributed by atoms with Gasteiger partial charge in [0.05, 0.1) is 24.4 Å². The van der Waals surface area contributed by atoms with Gasteiger partial charge in [0.25, 0.3) is 5.91 Å². The van der Waals surface area contributed by atoms with Crippen LogP contribution in [0.1, 0.15) is 52.9 Å². The van der Waals surface area contributed by atoms with Crippen molar-refractivity contribution in [1.29, 1.82) is 0 Å². The molecule has 2 atom stereocenters. The van der Waals surface area contributed by atoms with Gasteiger partial charge < -0.3 is 19.8 Å². The molecule has 1 aliphatic heterocycles. The zero-order valence-corrected chi connectivity index (χ0v) is 15.8. The molecule has 1 saturated heterocycles. The molecule has 0 aromatic carbocycles. The Morgan fingerprint density at radius 2 is 1.92 bits per heavy atom. The fraction of sp³-hybridized carbons (Fsp3) is 0.667. The second-order valence-electron chi connectivity index (χ2n) is 6.62. The number of ether oxygens (including phenoxy) is 2. The lowest BCUT2D eigenvalue weighted by Crippen LogP contribution is -2.47. The molecule has 0 radical (unpaired) electrons. The summed E-state index contributed by atoms with van der Waals surface area (Å²) < 4.78 is 10.8. The number of aromatic amines is 1. The van der Waals surface area contributed by atoms with Crippen molar-refractivity contribution in [2.45, 2.75) is 46.8 Å². The number of rotatable bonds is 6. The van der Waals surface area contributed by atoms with E-state index in [9.17, 15) is 9.59 Å². The van der Waals surface area contributed by atoms with E-state index in [1.54, 1.807) is 20.8 Å². The van der Waals surface area contributed by atoms with Gasteiger partial charge in [0.15, 0.2) is 0 Å². The highest BCUT2D eigenvalue weighted by molar-refractivity contribution is 6.00. The van der Waals surface area contributed by atoms with Gasteiger partial charge in [-0.2, -0.15) is 0 Å². The van der Waals surface area contributed by atoms with Gasteiger partial charge in [-0.25, -0.2) is 4.79 Å². The lowest BCUT2D eigenvalue weighted by atomic mass is 10.1. The third-order valence-electron chi connectivity index (χ3n) is 4.35. The van der Waals surface area contributed by atoms with Crippen LogP contribution < -0.4 is 5.32 Å². The minimum atomic E-state index is -0.399. The van der Waals surface area contributed by atoms with Crippen molar-refractivity contribution in [2.75, 3.05) is 32.8 Å². The molecule has 7 nitrogen and oxygen atoms in total. The van der Waals surface area contributed by atoms with Gasteiger partial charge in [-0.1, -0.05) is 0 Å². The molecule has 7 heteroatoms. The molecule has 1 aromatic heterocycles. The molecule has 0 saturated carbocycles. The number of carbonyl (C=O) groups excluding carboxylic acids is 2. The maximum absolute atomic E-state index is 12.4. The molecule has 2 heterocycles. The van der Waals surface area contributed by atoms with Gasteiger partial charge in [-0.3, -0.25) is 9.69 Å². The number of carbonyl (C=O) groups is 2. The van der Waals surface area contributed by atoms with Crippen LogP contribution in [-0.2, 0) is 9.47 Å². The molecule has 25 heavy (non-hydrogen) atoms. The zero-order chi connectivity index (χ0) is 18.6. The smallest absolute Gasteiger partial charge is 0.340 e. The number of aryl methyl sites for hydroxylation is 1. The third kappa shape index (κ3) is 4.83. The SMILES string of the molecule is CCOC(=O)c1c(C)[nH]c(C(=O)NCCN2CC(C)OC(C)C2)c1C. The summed E-state index contributed by atoms with van der Waals surface area (Å²) in [6.45, 7) is 12.8. The topological polar surface area (TPSA) is 83.7 Å². The molecule has 2 unspecified atom stereocenters. The summed E-state index contributed by atoms with van der Waals surface area (Å²) >= 11 is 0. The predicted molar refractivity (Wildman–Crippen MR) is 95.0 cm³/mol. The Bertz CT molecular complexity index is 616. The Labute approximate surface area is 149 Å². The molecule has 140 valence electrons. The second-order valence-corrected chi connectivity index (χ2v) is 6.62. The number of H-pyrrole nitrogens is 1. The molecule has 1 fully saturated rings. The molecule has 2 N–H and O–H groups in total. The highest BCUT2D eigenvalue weighted by atomic mass is 16.5. The number of morpholine rings is 1. The molecular formula is C18H29N3O4. The third-order valence-corrected chi connectivity index (χ3v) is 4.35. The molecule has 1 aromatic rings. The number of nitrogens with one attached hydrogen (secondary N) is 2. The fourth-order valence-electron chi connectivity index (χ4n) is 3.37. The van der Waals surface area contributed by atoms with Crippen LogP contribution in [0.3, 0.4) is 0 Å². The Morgan fingerprint density at radius 1 is 1.28 bits per heavy atom. The average molecular weight is 351 g/mol. The van der Waals surface area contributed by atoms with Crippen LogP contribution in [0.5, 0.6) is 0 Å². The van der Waals surface area contributed by atoms with Crippen LogP contribution in [0.4, 0.5) is 0 Å². The second kappa shape index (κ2) is 8.49. The summed E-state index contributed by atoms with van der Waals surface area (Å²) in [6.07, 6.45) is 0.416. The summed E-state index contributed by atoms with van der Waals surface area (Å²) in [5, 5.41) is 2.92. The Balaban J connectivity index is 1.93. The van der Waals surface area contributed by atoms with Gasteiger partial charge in [-0.05, 0) is 40.2 Å². The maximum atomic E-state index is 12.4. The zero-order valence-electron chi connectivity index (χ0n) is 15.8. The minimum Gasteiger partial charge on any atom is -0.462 e. The van der Waals surface area contributed by atoms with Crippen LogP contribution in [0.25, 0.3) is 0 Å². The van der Waals surface area contributed by atoms with Crippen molar-refractivity contribution < 1.29 is 19.1 Å². The number of hydrogen-bond donors (Lipinski definition) is 2. The Kier molecular flexibility index (Phi) is 6.61. The summed E-state index contributed by atoms with van der Waals surface area (Å²) in [6, 6.07) is 0. The molecule has 0 bridgehead atoms. The normalized spacial score (nSPS) is 21.2. The number of hydrogen-bond acceptors (Lipinski definition) is 5. The summed E-state index contributed by atoms with van der Waals surface area (Å²) in [5.74, 6) is -0.602. The van der Waals surface area contributed by atoms with Crippen LogP contribution in [0.15, 0.2) is 0 Å². The number of amides is 1.